The van der Waals surface area contributed by atoms with Crippen LogP contribution in [0.4, 0.5) is 11.8 Å². The number of aliphatic carboxylic acids is 1. The van der Waals surface area contributed by atoms with E-state index in [9.17, 15) is 50.5 Å². The summed E-state index contributed by atoms with van der Waals surface area (Å²) >= 11 is 0. The number of carboxylic acids is 1. The number of sulfonamides is 1. The number of carboxylic acid groups (broad SMARTS) is 1. The molecule has 0 saturated heterocycles. The Morgan fingerprint density at radius 2 is 1.49 bits per heavy atom. The zero-order chi connectivity index (χ0) is 58.4. The number of fused-ring (bicyclic) bond motifs is 1. The third kappa shape index (κ3) is 19.4. The molecule has 6 aromatic rings. The molecule has 0 fully saturated rings. The van der Waals surface area contributed by atoms with E-state index in [-0.39, 0.29) is 74.6 Å². The molecule has 28 heteroatoms. The van der Waals surface area contributed by atoms with Gasteiger partial charge in [-0.2, -0.15) is 18.3 Å². The molecule has 3 aromatic carbocycles. The standard InChI is InChI=1S/C53H65N11O15S2/c1-35-27-40(28-36(2)49(35)80(71,72)63-43(52(69)70)33-59-51(68)42-34-64(3)44-29-37(12-14-41(44)48(42)66)30-60-53-56-18-19-57-53)79-22-6-11-47(65)54-16-7-20-76-23-25-78-26-24-77-21-8-17-55-50(67)39-13-15-46(58-31-39)62-61-32-38-9-4-5-10-45(38)81(73,74)75/h4-5,9-10,12-15,18-19,27-29,31,34,43,63H,6-8,11,16-17,20-26,30,32-33H2,1-3H3,(H,54,65)(H,55,67)(H,59,68)(H,69,70)(H2,56,57,60)(H,73,74,75). The van der Waals surface area contributed by atoms with Gasteiger partial charge in [0.15, 0.2) is 11.8 Å². The summed E-state index contributed by atoms with van der Waals surface area (Å²) in [6, 6.07) is 15.2. The Hall–Kier alpha value is -7.99. The first-order valence-corrected chi connectivity index (χ1v) is 28.5. The van der Waals surface area contributed by atoms with E-state index in [1.54, 1.807) is 48.3 Å². The van der Waals surface area contributed by atoms with Gasteiger partial charge >= 0.3 is 5.97 Å². The van der Waals surface area contributed by atoms with Gasteiger partial charge < -0.3 is 54.9 Å². The number of pyridine rings is 2. The van der Waals surface area contributed by atoms with Crippen molar-refractivity contribution in [3.05, 3.63) is 135 Å². The van der Waals surface area contributed by atoms with E-state index >= 15 is 0 Å². The Balaban J connectivity index is 0.779. The van der Waals surface area contributed by atoms with Crippen LogP contribution < -0.4 is 36.2 Å². The molecule has 0 bridgehead atoms. The maximum Gasteiger partial charge on any atom is 0.323 e. The van der Waals surface area contributed by atoms with Crippen molar-refractivity contribution >= 4 is 66.5 Å². The Kier molecular flexibility index (Phi) is 23.5. The number of H-pyrrole nitrogens is 1. The van der Waals surface area contributed by atoms with Crippen LogP contribution >= 0.6 is 0 Å². The van der Waals surface area contributed by atoms with Crippen LogP contribution in [0.25, 0.3) is 10.9 Å². The lowest BCUT2D eigenvalue weighted by Crippen LogP contribution is -2.49. The van der Waals surface area contributed by atoms with Crippen LogP contribution in [0.5, 0.6) is 5.75 Å². The molecule has 3 amide bonds. The number of carbonyl (C=O) groups excluding carboxylic acids is 3. The van der Waals surface area contributed by atoms with Crippen molar-refractivity contribution in [2.75, 3.05) is 71.2 Å². The van der Waals surface area contributed by atoms with E-state index in [2.05, 4.69) is 51.2 Å². The minimum atomic E-state index is -4.45. The maximum atomic E-state index is 13.6. The van der Waals surface area contributed by atoms with Gasteiger partial charge in [0.2, 0.25) is 21.4 Å². The molecule has 0 aliphatic rings. The number of hydrogen-bond donors (Lipinski definition) is 8. The molecular weight excluding hydrogens is 1090 g/mol. The fourth-order valence-electron chi connectivity index (χ4n) is 8.06. The van der Waals surface area contributed by atoms with Gasteiger partial charge in [0.25, 0.3) is 21.9 Å². The van der Waals surface area contributed by atoms with Crippen LogP contribution in [0.1, 0.15) is 68.7 Å². The smallest absolute Gasteiger partial charge is 0.323 e. The first-order chi connectivity index (χ1) is 38.8. The second kappa shape index (κ2) is 30.6. The molecule has 0 saturated carbocycles. The first-order valence-electron chi connectivity index (χ1n) is 25.6. The van der Waals surface area contributed by atoms with Crippen LogP contribution in [0.3, 0.4) is 0 Å². The summed E-state index contributed by atoms with van der Waals surface area (Å²) in [4.78, 5) is 74.5. The lowest BCUT2D eigenvalue weighted by Gasteiger charge is -2.19. The minimum absolute atomic E-state index is 0.0985. The van der Waals surface area contributed by atoms with Crippen LogP contribution in [-0.4, -0.2) is 142 Å². The highest BCUT2D eigenvalue weighted by molar-refractivity contribution is 7.89. The van der Waals surface area contributed by atoms with E-state index in [4.69, 9.17) is 18.9 Å². The van der Waals surface area contributed by atoms with Crippen LogP contribution in [0, 0.1) is 13.8 Å². The maximum absolute atomic E-state index is 13.6. The number of anilines is 1. The Labute approximate surface area is 467 Å². The molecule has 1 unspecified atom stereocenters. The Bertz CT molecular complexity index is 3410. The number of nitrogens with one attached hydrogen (secondary N) is 6. The number of amides is 3. The Morgan fingerprint density at radius 3 is 2.15 bits per heavy atom. The van der Waals surface area contributed by atoms with Crippen molar-refractivity contribution in [1.29, 1.82) is 0 Å². The van der Waals surface area contributed by atoms with Crippen molar-refractivity contribution in [1.82, 2.24) is 40.2 Å². The van der Waals surface area contributed by atoms with E-state index < -0.39 is 50.0 Å². The van der Waals surface area contributed by atoms with Crippen molar-refractivity contribution < 1.29 is 64.6 Å². The number of aryl methyl sites for hydroxylation is 3. The molecule has 8 N–H and O–H groups in total. The average molecular weight is 1160 g/mol. The molecule has 0 radical (unpaired) electrons. The number of nitrogens with zero attached hydrogens (tertiary/aromatic N) is 5. The van der Waals surface area contributed by atoms with Crippen molar-refractivity contribution in [3.63, 3.8) is 0 Å². The normalized spacial score (nSPS) is 12.1. The summed E-state index contributed by atoms with van der Waals surface area (Å²) < 4.78 is 85.9. The number of aromatic nitrogens is 4. The van der Waals surface area contributed by atoms with Gasteiger partial charge in [0, 0.05) is 83.0 Å². The fraction of sp³-hybridized carbons (Fsp3) is 0.377. The van der Waals surface area contributed by atoms with E-state index in [0.717, 1.165) is 5.56 Å². The molecule has 81 heavy (non-hydrogen) atoms. The number of hydrogen-bond acceptors (Lipinski definition) is 18. The Morgan fingerprint density at radius 1 is 0.802 bits per heavy atom. The molecule has 434 valence electrons. The number of rotatable bonds is 34. The van der Waals surface area contributed by atoms with Gasteiger partial charge in [0.05, 0.1) is 60.5 Å². The molecule has 0 aliphatic carbocycles. The quantitative estimate of drug-likeness (QED) is 0.0160. The zero-order valence-corrected chi connectivity index (χ0v) is 46.4. The van der Waals surface area contributed by atoms with Crippen LogP contribution in [0.2, 0.25) is 0 Å². The van der Waals surface area contributed by atoms with E-state index in [1.165, 1.54) is 68.7 Å². The highest BCUT2D eigenvalue weighted by Crippen LogP contribution is 2.27. The number of azo groups is 1. The first kappa shape index (κ1) is 62.2. The highest BCUT2D eigenvalue weighted by atomic mass is 32.2. The van der Waals surface area contributed by atoms with E-state index in [1.807, 2.05) is 0 Å². The number of imidazole rings is 1. The van der Waals surface area contributed by atoms with Crippen molar-refractivity contribution in [2.45, 2.75) is 68.5 Å². The molecule has 1 atom stereocenters. The number of aromatic amines is 1. The molecule has 3 aromatic heterocycles. The fourth-order valence-corrected chi connectivity index (χ4v) is 10.4. The van der Waals surface area contributed by atoms with Crippen molar-refractivity contribution in [2.24, 2.45) is 17.3 Å². The summed E-state index contributed by atoms with van der Waals surface area (Å²) in [6.45, 7) is 5.90. The summed E-state index contributed by atoms with van der Waals surface area (Å²) in [5.41, 5.74) is 1.70. The predicted molar refractivity (Wildman–Crippen MR) is 296 cm³/mol. The van der Waals surface area contributed by atoms with Gasteiger partial charge in [-0.3, -0.25) is 28.5 Å². The van der Waals surface area contributed by atoms with Gasteiger partial charge in [-0.1, -0.05) is 24.3 Å². The predicted octanol–water partition coefficient (Wildman–Crippen LogP) is 4.11. The lowest BCUT2D eigenvalue weighted by atomic mass is 10.1. The average Bonchev–Trinajstić information content (AvgIpc) is 3.96. The molecule has 6 rings (SSSR count). The second-order valence-electron chi connectivity index (χ2n) is 18.2. The summed E-state index contributed by atoms with van der Waals surface area (Å²) in [5.74, 6) is -1.79. The highest BCUT2D eigenvalue weighted by Gasteiger charge is 2.29. The largest absolute Gasteiger partial charge is 0.494 e. The topological polar surface area (TPSA) is 362 Å². The summed E-state index contributed by atoms with van der Waals surface area (Å²) in [6.07, 6.45) is 7.68. The van der Waals surface area contributed by atoms with E-state index in [0.29, 0.717) is 101 Å². The number of ether oxygens (including phenoxy) is 4. The molecule has 3 heterocycles. The monoisotopic (exact) mass is 1160 g/mol. The zero-order valence-electron chi connectivity index (χ0n) is 44.8. The number of benzene rings is 3. The van der Waals surface area contributed by atoms with Gasteiger partial charge in [0.1, 0.15) is 17.4 Å². The molecule has 0 aliphatic heterocycles. The summed E-state index contributed by atoms with van der Waals surface area (Å²) in [5, 5.41) is 29.2. The SMILES string of the molecule is Cc1cc(OCCCC(=O)NCCCOCCOCCOCCCNC(=O)c2ccc(N=NCc3ccccc3S(=O)(=O)O)nc2)cc(C)c1S(=O)(=O)NC(CNC(=O)c1cn(C)c2cc(CNc3ncc[nH]3)ccc2c1=O)C(=O)O. The molecule has 26 nitrogen and oxygen atoms in total. The van der Waals surface area contributed by atoms with Crippen LogP contribution in [-0.2, 0) is 64.1 Å². The van der Waals surface area contributed by atoms with Crippen LogP contribution in [0.15, 0.2) is 116 Å². The molecule has 0 spiro atoms. The second-order valence-corrected chi connectivity index (χ2v) is 21.3. The van der Waals surface area contributed by atoms with Gasteiger partial charge in [-0.15, -0.1) is 5.11 Å². The molecular formula is C53H65N11O15S2. The minimum Gasteiger partial charge on any atom is -0.494 e. The third-order valence-corrected chi connectivity index (χ3v) is 14.7. The van der Waals surface area contributed by atoms with Gasteiger partial charge in [-0.25, -0.2) is 18.4 Å². The lowest BCUT2D eigenvalue weighted by molar-refractivity contribution is -0.138. The summed E-state index contributed by atoms with van der Waals surface area (Å²) in [7, 11) is -7.19. The van der Waals surface area contributed by atoms with Gasteiger partial charge in [-0.05, 0) is 97.8 Å². The number of carbonyl (C=O) groups is 4. The third-order valence-electron chi connectivity index (χ3n) is 12.0. The van der Waals surface area contributed by atoms with Crippen molar-refractivity contribution in [3.8, 4) is 5.75 Å².